The van der Waals surface area contributed by atoms with Crippen LogP contribution in [0.2, 0.25) is 10.0 Å². The van der Waals surface area contributed by atoms with Crippen LogP contribution in [-0.2, 0) is 27.4 Å². The zero-order valence-corrected chi connectivity index (χ0v) is 20.5. The maximum atomic E-state index is 13.6. The molecule has 3 aromatic rings. The minimum atomic E-state index is -5.11. The summed E-state index contributed by atoms with van der Waals surface area (Å²) in [5.74, 6) is -2.18. The highest BCUT2D eigenvalue weighted by atomic mass is 35.5. The number of fused-ring (bicyclic) bond motifs is 2. The van der Waals surface area contributed by atoms with Crippen molar-refractivity contribution in [1.82, 2.24) is 0 Å². The van der Waals surface area contributed by atoms with Crippen LogP contribution in [0.5, 0.6) is 0 Å². The van der Waals surface area contributed by atoms with Gasteiger partial charge in [-0.25, -0.2) is 0 Å². The average Bonchev–Trinajstić information content (AvgIpc) is 3.09. The number of alkyl halides is 6. The summed E-state index contributed by atoms with van der Waals surface area (Å²) in [6.07, 6.45) is -9.42. The first-order valence-corrected chi connectivity index (χ1v) is 11.9. The van der Waals surface area contributed by atoms with Crippen LogP contribution in [-0.4, -0.2) is 11.7 Å². The molecular weight excluding hydrogens is 555 g/mol. The third kappa shape index (κ3) is 4.37. The van der Waals surface area contributed by atoms with Gasteiger partial charge in [0.15, 0.2) is 5.78 Å². The number of Topliss-reactive ketones (excluding diaryl/α,β-unsaturated/α-hetero) is 1. The first kappa shape index (κ1) is 26.3. The summed E-state index contributed by atoms with van der Waals surface area (Å²) < 4.78 is 81.3. The van der Waals surface area contributed by atoms with E-state index in [1.807, 2.05) is 0 Å². The monoisotopic (exact) mass is 569 g/mol. The van der Waals surface area contributed by atoms with Crippen LogP contribution in [0.15, 0.2) is 66.7 Å². The molecule has 3 aromatic carbocycles. The minimum Gasteiger partial charge on any atom is -0.325 e. The number of hydrogen-bond acceptors (Lipinski definition) is 2. The molecule has 2 atom stereocenters. The van der Waals surface area contributed by atoms with Crippen LogP contribution in [0.4, 0.5) is 32.0 Å². The summed E-state index contributed by atoms with van der Waals surface area (Å²) in [5, 5.41) is 3.32. The van der Waals surface area contributed by atoms with Gasteiger partial charge in [-0.3, -0.25) is 9.59 Å². The van der Waals surface area contributed by atoms with E-state index in [1.54, 1.807) is 30.3 Å². The third-order valence-electron chi connectivity index (χ3n) is 6.81. The van der Waals surface area contributed by atoms with Crippen molar-refractivity contribution in [2.24, 2.45) is 0 Å². The van der Waals surface area contributed by atoms with Crippen LogP contribution < -0.4 is 5.32 Å². The van der Waals surface area contributed by atoms with Crippen molar-refractivity contribution in [1.29, 1.82) is 0 Å². The molecule has 2 aliphatic rings. The van der Waals surface area contributed by atoms with E-state index >= 15 is 0 Å². The molecule has 11 heteroatoms. The van der Waals surface area contributed by atoms with Crippen LogP contribution in [0.1, 0.15) is 40.2 Å². The number of hydrogen-bond donors (Lipinski definition) is 1. The standard InChI is InChI=1S/C27H15Cl2F6NO2/c28-17-3-1-2-13(8-17)21-11-23(37)19(12-25(21)20-5-4-18(29)10-22(20)36-24(25)38)14-6-15(26(30,31)32)9-16(7-14)27(33,34)35/h1-10,12,21H,11H2,(H,36,38)/t21-,25-/m0/s1. The fraction of sp³-hybridized carbons (Fsp3) is 0.185. The van der Waals surface area contributed by atoms with Gasteiger partial charge in [-0.1, -0.05) is 47.5 Å². The Kier molecular flexibility index (Phi) is 6.15. The normalized spacial score (nSPS) is 21.4. The van der Waals surface area contributed by atoms with Gasteiger partial charge in [0.25, 0.3) is 0 Å². The van der Waals surface area contributed by atoms with Crippen molar-refractivity contribution in [3.63, 3.8) is 0 Å². The third-order valence-corrected chi connectivity index (χ3v) is 7.28. The largest absolute Gasteiger partial charge is 0.416 e. The molecule has 1 aliphatic carbocycles. The van der Waals surface area contributed by atoms with Gasteiger partial charge in [-0.2, -0.15) is 26.3 Å². The summed E-state index contributed by atoms with van der Waals surface area (Å²) in [6.45, 7) is 0. The molecule has 5 rings (SSSR count). The zero-order chi connectivity index (χ0) is 27.6. The molecule has 38 heavy (non-hydrogen) atoms. The molecule has 0 radical (unpaired) electrons. The van der Waals surface area contributed by atoms with Gasteiger partial charge in [0.05, 0.1) is 11.1 Å². The molecule has 1 spiro atoms. The van der Waals surface area contributed by atoms with E-state index in [-0.39, 0.29) is 12.5 Å². The maximum absolute atomic E-state index is 13.6. The van der Waals surface area contributed by atoms with Crippen LogP contribution in [0.3, 0.4) is 0 Å². The molecule has 0 bridgehead atoms. The Morgan fingerprint density at radius 3 is 2.05 bits per heavy atom. The number of halogens is 8. The summed E-state index contributed by atoms with van der Waals surface area (Å²) in [6, 6.07) is 11.9. The quantitative estimate of drug-likeness (QED) is 0.317. The van der Waals surface area contributed by atoms with E-state index in [4.69, 9.17) is 23.2 Å². The number of amides is 1. The summed E-state index contributed by atoms with van der Waals surface area (Å²) in [7, 11) is 0. The number of rotatable bonds is 2. The molecule has 0 aromatic heterocycles. The number of nitrogens with one attached hydrogen (secondary N) is 1. The molecular formula is C27H15Cl2F6NO2. The number of anilines is 1. The fourth-order valence-corrected chi connectivity index (χ4v) is 5.51. The predicted octanol–water partition coefficient (Wildman–Crippen LogP) is 8.06. The van der Waals surface area contributed by atoms with E-state index in [2.05, 4.69) is 5.32 Å². The van der Waals surface area contributed by atoms with E-state index in [9.17, 15) is 35.9 Å². The first-order chi connectivity index (χ1) is 17.7. The Hall–Kier alpha value is -3.30. The zero-order valence-electron chi connectivity index (χ0n) is 19.0. The summed E-state index contributed by atoms with van der Waals surface area (Å²) >= 11 is 12.3. The lowest BCUT2D eigenvalue weighted by Gasteiger charge is -2.38. The van der Waals surface area contributed by atoms with E-state index in [1.165, 1.54) is 18.2 Å². The lowest BCUT2D eigenvalue weighted by atomic mass is 9.61. The predicted molar refractivity (Wildman–Crippen MR) is 130 cm³/mol. The van der Waals surface area contributed by atoms with E-state index in [0.717, 1.165) is 0 Å². The highest BCUT2D eigenvalue weighted by Gasteiger charge is 2.55. The van der Waals surface area contributed by atoms with Gasteiger partial charge >= 0.3 is 12.4 Å². The number of carbonyl (C=O) groups is 2. The first-order valence-electron chi connectivity index (χ1n) is 11.1. The molecule has 0 fully saturated rings. The maximum Gasteiger partial charge on any atom is 0.416 e. The molecule has 1 heterocycles. The van der Waals surface area contributed by atoms with Crippen molar-refractivity contribution >= 4 is 46.2 Å². The number of carbonyl (C=O) groups excluding carboxylic acids is 2. The molecule has 3 nitrogen and oxygen atoms in total. The van der Waals surface area contributed by atoms with Crippen molar-refractivity contribution in [2.75, 3.05) is 5.32 Å². The Balaban J connectivity index is 1.80. The molecule has 1 amide bonds. The summed E-state index contributed by atoms with van der Waals surface area (Å²) in [4.78, 5) is 27.0. The van der Waals surface area contributed by atoms with Crippen LogP contribution >= 0.6 is 23.2 Å². The van der Waals surface area contributed by atoms with Crippen LogP contribution in [0, 0.1) is 0 Å². The Labute approximate surface area is 222 Å². The highest BCUT2D eigenvalue weighted by Crippen LogP contribution is 2.54. The van der Waals surface area contributed by atoms with Gasteiger partial charge in [0.2, 0.25) is 5.91 Å². The Morgan fingerprint density at radius 1 is 0.816 bits per heavy atom. The number of benzene rings is 3. The molecule has 1 N–H and O–H groups in total. The van der Waals surface area contributed by atoms with E-state index < -0.39 is 57.6 Å². The van der Waals surface area contributed by atoms with Crippen molar-refractivity contribution in [2.45, 2.75) is 30.1 Å². The van der Waals surface area contributed by atoms with Gasteiger partial charge in [-0.05, 0) is 59.2 Å². The topological polar surface area (TPSA) is 46.2 Å². The fourth-order valence-electron chi connectivity index (χ4n) is 5.14. The average molecular weight is 570 g/mol. The van der Waals surface area contributed by atoms with Crippen molar-refractivity contribution in [3.05, 3.63) is 105 Å². The minimum absolute atomic E-state index is 0.0124. The van der Waals surface area contributed by atoms with E-state index in [0.29, 0.717) is 39.0 Å². The second-order valence-electron chi connectivity index (χ2n) is 9.10. The van der Waals surface area contributed by atoms with Gasteiger partial charge in [0, 0.05) is 33.6 Å². The molecule has 0 saturated carbocycles. The summed E-state index contributed by atoms with van der Waals surface area (Å²) in [5.41, 5.74) is -4.58. The lowest BCUT2D eigenvalue weighted by Crippen LogP contribution is -2.43. The Bertz CT molecular complexity index is 1500. The second-order valence-corrected chi connectivity index (χ2v) is 9.97. The van der Waals surface area contributed by atoms with Gasteiger partial charge in [-0.15, -0.1) is 0 Å². The highest BCUT2D eigenvalue weighted by molar-refractivity contribution is 6.31. The van der Waals surface area contributed by atoms with Gasteiger partial charge < -0.3 is 5.32 Å². The number of allylic oxidation sites excluding steroid dienone is 1. The molecule has 0 saturated heterocycles. The second kappa shape index (κ2) is 8.88. The molecule has 1 aliphatic heterocycles. The van der Waals surface area contributed by atoms with Crippen LogP contribution in [0.25, 0.3) is 5.57 Å². The number of ketones is 1. The molecule has 0 unspecified atom stereocenters. The SMILES string of the molecule is O=C1C[C@@H](c2cccc(Cl)c2)[C@@]2(C=C1c1cc(C(F)(F)F)cc(C(F)(F)F)c1)C(=O)Nc1cc(Cl)ccc12. The Morgan fingerprint density at radius 2 is 1.45 bits per heavy atom. The van der Waals surface area contributed by atoms with Crippen molar-refractivity contribution in [3.8, 4) is 0 Å². The lowest BCUT2D eigenvalue weighted by molar-refractivity contribution is -0.143. The molecule has 196 valence electrons. The smallest absolute Gasteiger partial charge is 0.325 e. The van der Waals surface area contributed by atoms with Crippen molar-refractivity contribution < 1.29 is 35.9 Å². The van der Waals surface area contributed by atoms with Gasteiger partial charge in [0.1, 0.15) is 5.41 Å².